The highest BCUT2D eigenvalue weighted by Gasteiger charge is 2.15. The van der Waals surface area contributed by atoms with Gasteiger partial charge in [0.25, 0.3) is 5.91 Å². The summed E-state index contributed by atoms with van der Waals surface area (Å²) in [5.74, 6) is 0.603. The Balaban J connectivity index is 1.85. The summed E-state index contributed by atoms with van der Waals surface area (Å²) >= 11 is 6.98. The van der Waals surface area contributed by atoms with Crippen molar-refractivity contribution in [1.82, 2.24) is 0 Å². The number of nitriles is 1. The van der Waals surface area contributed by atoms with Crippen molar-refractivity contribution in [3.63, 3.8) is 0 Å². The first kappa shape index (κ1) is 25.5. The van der Waals surface area contributed by atoms with Crippen molar-refractivity contribution >= 4 is 49.5 Å². The lowest BCUT2D eigenvalue weighted by Gasteiger charge is -2.15. The van der Waals surface area contributed by atoms with Crippen molar-refractivity contribution in [3.8, 4) is 17.6 Å². The molecule has 0 saturated carbocycles. The zero-order valence-electron chi connectivity index (χ0n) is 19.1. The van der Waals surface area contributed by atoms with Gasteiger partial charge in [0.15, 0.2) is 11.5 Å². The number of anilines is 1. The van der Waals surface area contributed by atoms with Crippen LogP contribution in [-0.4, -0.2) is 12.5 Å². The number of amides is 1. The van der Waals surface area contributed by atoms with Gasteiger partial charge in [-0.3, -0.25) is 4.79 Å². The van der Waals surface area contributed by atoms with Crippen LogP contribution in [0, 0.1) is 25.2 Å². The van der Waals surface area contributed by atoms with Crippen molar-refractivity contribution in [2.24, 2.45) is 0 Å². The van der Waals surface area contributed by atoms with Gasteiger partial charge in [0.05, 0.1) is 11.1 Å². The molecule has 3 aromatic carbocycles. The Morgan fingerprint density at radius 2 is 1.79 bits per heavy atom. The molecule has 0 spiro atoms. The molecule has 0 aliphatic heterocycles. The number of halogens is 2. The maximum Gasteiger partial charge on any atom is 0.266 e. The van der Waals surface area contributed by atoms with Gasteiger partial charge in [-0.05, 0) is 89.8 Å². The van der Waals surface area contributed by atoms with Crippen LogP contribution in [0.5, 0.6) is 11.5 Å². The van der Waals surface area contributed by atoms with E-state index in [4.69, 9.17) is 9.47 Å². The van der Waals surface area contributed by atoms with Crippen molar-refractivity contribution in [3.05, 3.63) is 91.4 Å². The monoisotopic (exact) mass is 582 g/mol. The summed E-state index contributed by atoms with van der Waals surface area (Å²) in [6.45, 7) is 6.58. The number of nitrogens with zero attached hydrogens (tertiary/aromatic N) is 1. The molecule has 1 N–H and O–H groups in total. The van der Waals surface area contributed by atoms with Gasteiger partial charge in [-0.2, -0.15) is 5.26 Å². The van der Waals surface area contributed by atoms with Crippen LogP contribution in [0.2, 0.25) is 0 Å². The summed E-state index contributed by atoms with van der Waals surface area (Å²) in [6.07, 6.45) is 1.53. The Hall–Kier alpha value is -3.08. The Kier molecular flexibility index (Phi) is 8.91. The number of carbonyl (C=O) groups excluding carboxylic acids is 1. The van der Waals surface area contributed by atoms with Crippen LogP contribution in [-0.2, 0) is 11.4 Å². The molecule has 0 saturated heterocycles. The lowest BCUT2D eigenvalue weighted by molar-refractivity contribution is -0.112. The molecule has 0 aliphatic rings. The molecule has 0 radical (unpaired) electrons. The van der Waals surface area contributed by atoms with Crippen LogP contribution in [0.1, 0.15) is 29.2 Å². The van der Waals surface area contributed by atoms with Gasteiger partial charge in [0.1, 0.15) is 18.2 Å². The van der Waals surface area contributed by atoms with E-state index in [2.05, 4.69) is 37.2 Å². The fourth-order valence-corrected chi connectivity index (χ4v) is 4.11. The van der Waals surface area contributed by atoms with Crippen LogP contribution in [0.15, 0.2) is 69.1 Å². The first-order chi connectivity index (χ1) is 16.3. The predicted molar refractivity (Wildman–Crippen MR) is 142 cm³/mol. The van der Waals surface area contributed by atoms with Crippen LogP contribution >= 0.6 is 31.9 Å². The van der Waals surface area contributed by atoms with Crippen LogP contribution in [0.3, 0.4) is 0 Å². The van der Waals surface area contributed by atoms with Crippen LogP contribution in [0.25, 0.3) is 6.08 Å². The molecule has 3 rings (SSSR count). The third-order valence-corrected chi connectivity index (χ3v) is 6.05. The number of hydrogen-bond donors (Lipinski definition) is 1. The summed E-state index contributed by atoms with van der Waals surface area (Å²) in [7, 11) is 0. The van der Waals surface area contributed by atoms with E-state index in [-0.39, 0.29) is 5.57 Å². The first-order valence-corrected chi connectivity index (χ1v) is 12.2. The molecular formula is C27H24Br2N2O3. The van der Waals surface area contributed by atoms with Gasteiger partial charge in [-0.25, -0.2) is 0 Å². The molecule has 34 heavy (non-hydrogen) atoms. The topological polar surface area (TPSA) is 71.3 Å². The summed E-state index contributed by atoms with van der Waals surface area (Å²) in [4.78, 5) is 12.8. The maximum absolute atomic E-state index is 12.8. The lowest BCUT2D eigenvalue weighted by atomic mass is 10.1. The maximum atomic E-state index is 12.8. The Labute approximate surface area is 216 Å². The highest BCUT2D eigenvalue weighted by Crippen LogP contribution is 2.38. The molecule has 0 unspecified atom stereocenters. The van der Waals surface area contributed by atoms with Gasteiger partial charge in [-0.1, -0.05) is 45.8 Å². The zero-order valence-corrected chi connectivity index (χ0v) is 22.3. The van der Waals surface area contributed by atoms with Crippen molar-refractivity contribution in [2.45, 2.75) is 27.4 Å². The van der Waals surface area contributed by atoms with E-state index >= 15 is 0 Å². The van der Waals surface area contributed by atoms with E-state index in [1.54, 1.807) is 12.1 Å². The second kappa shape index (κ2) is 11.9. The van der Waals surface area contributed by atoms with Crippen molar-refractivity contribution < 1.29 is 14.3 Å². The Morgan fingerprint density at radius 3 is 2.44 bits per heavy atom. The van der Waals surface area contributed by atoms with Gasteiger partial charge in [0.2, 0.25) is 0 Å². The smallest absolute Gasteiger partial charge is 0.266 e. The quantitative estimate of drug-likeness (QED) is 0.222. The zero-order chi connectivity index (χ0) is 24.7. The summed E-state index contributed by atoms with van der Waals surface area (Å²) < 4.78 is 13.5. The fourth-order valence-electron chi connectivity index (χ4n) is 3.27. The van der Waals surface area contributed by atoms with E-state index in [1.807, 2.05) is 69.3 Å². The van der Waals surface area contributed by atoms with E-state index in [1.165, 1.54) is 6.08 Å². The number of ether oxygens (including phenoxy) is 2. The largest absolute Gasteiger partial charge is 0.490 e. The molecule has 0 heterocycles. The number of nitrogens with one attached hydrogen (secondary N) is 1. The highest BCUT2D eigenvalue weighted by atomic mass is 79.9. The van der Waals surface area contributed by atoms with Gasteiger partial charge < -0.3 is 14.8 Å². The Morgan fingerprint density at radius 1 is 1.06 bits per heavy atom. The fraction of sp³-hybridized carbons (Fsp3) is 0.185. The SMILES string of the molecule is CCOc1cc(/C=C(/C#N)C(=O)Nc2ccc(C)cc2C)cc(Br)c1OCc1ccc(Br)cc1. The van der Waals surface area contributed by atoms with Gasteiger partial charge >= 0.3 is 0 Å². The number of carbonyl (C=O) groups is 1. The summed E-state index contributed by atoms with van der Waals surface area (Å²) in [5, 5.41) is 12.4. The third kappa shape index (κ3) is 6.72. The molecule has 0 atom stereocenters. The number of rotatable bonds is 8. The van der Waals surface area contributed by atoms with Crippen LogP contribution < -0.4 is 14.8 Å². The van der Waals surface area contributed by atoms with Gasteiger partial charge in [-0.15, -0.1) is 0 Å². The molecular weight excluding hydrogens is 560 g/mol. The van der Waals surface area contributed by atoms with Crippen LogP contribution in [0.4, 0.5) is 5.69 Å². The number of hydrogen-bond acceptors (Lipinski definition) is 4. The predicted octanol–water partition coefficient (Wildman–Crippen LogP) is 7.35. The van der Waals surface area contributed by atoms with E-state index in [0.717, 1.165) is 21.2 Å². The second-order valence-corrected chi connectivity index (χ2v) is 9.39. The van der Waals surface area contributed by atoms with Gasteiger partial charge in [0, 0.05) is 10.2 Å². The van der Waals surface area contributed by atoms with Crippen molar-refractivity contribution in [2.75, 3.05) is 11.9 Å². The van der Waals surface area contributed by atoms with E-state index < -0.39 is 5.91 Å². The molecule has 1 amide bonds. The molecule has 0 aliphatic carbocycles. The molecule has 0 aromatic heterocycles. The normalized spacial score (nSPS) is 11.0. The summed E-state index contributed by atoms with van der Waals surface area (Å²) in [6, 6.07) is 19.1. The second-order valence-electron chi connectivity index (χ2n) is 7.62. The molecule has 3 aromatic rings. The Bertz CT molecular complexity index is 1260. The molecule has 7 heteroatoms. The van der Waals surface area contributed by atoms with E-state index in [9.17, 15) is 10.1 Å². The average Bonchev–Trinajstić information content (AvgIpc) is 2.80. The number of aryl methyl sites for hydroxylation is 2. The lowest BCUT2D eigenvalue weighted by Crippen LogP contribution is -2.14. The highest BCUT2D eigenvalue weighted by molar-refractivity contribution is 9.10. The molecule has 5 nitrogen and oxygen atoms in total. The molecule has 0 fully saturated rings. The minimum atomic E-state index is -0.473. The average molecular weight is 584 g/mol. The number of benzene rings is 3. The van der Waals surface area contributed by atoms with E-state index in [0.29, 0.717) is 40.4 Å². The standard InChI is InChI=1S/C27H24Br2N2O3/c1-4-33-25-14-20(13-23(29)26(25)34-16-19-6-8-22(28)9-7-19)12-21(15-30)27(32)31-24-10-5-17(2)11-18(24)3/h5-14H,4,16H2,1-3H3,(H,31,32)/b21-12-. The summed E-state index contributed by atoms with van der Waals surface area (Å²) in [5.41, 5.74) is 4.33. The minimum Gasteiger partial charge on any atom is -0.490 e. The minimum absolute atomic E-state index is 0.0159. The third-order valence-electron chi connectivity index (χ3n) is 4.93. The van der Waals surface area contributed by atoms with Crippen molar-refractivity contribution in [1.29, 1.82) is 5.26 Å². The molecule has 174 valence electrons. The first-order valence-electron chi connectivity index (χ1n) is 10.6. The molecule has 0 bridgehead atoms.